The molecule has 5 nitrogen and oxygen atoms in total. The second-order valence-corrected chi connectivity index (χ2v) is 9.45. The molecule has 2 aliphatic carbocycles. The summed E-state index contributed by atoms with van der Waals surface area (Å²) in [6.45, 7) is 4.71. The van der Waals surface area contributed by atoms with Crippen molar-refractivity contribution in [2.24, 2.45) is 23.7 Å². The lowest BCUT2D eigenvalue weighted by Gasteiger charge is -2.19. The molecule has 0 spiro atoms. The van der Waals surface area contributed by atoms with Crippen molar-refractivity contribution >= 4 is 5.91 Å². The molecular formula is C25H43NO4. The smallest absolute Gasteiger partial charge is 0.220 e. The summed E-state index contributed by atoms with van der Waals surface area (Å²) in [5, 5.41) is 32.3. The highest BCUT2D eigenvalue weighted by molar-refractivity contribution is 5.75. The molecule has 0 aromatic heterocycles. The van der Waals surface area contributed by atoms with Crippen LogP contribution in [0.1, 0.15) is 78.1 Å². The van der Waals surface area contributed by atoms with Gasteiger partial charge in [0.1, 0.15) is 0 Å². The Kier molecular flexibility index (Phi) is 11.1. The summed E-state index contributed by atoms with van der Waals surface area (Å²) < 4.78 is 0. The van der Waals surface area contributed by atoms with Crippen LogP contribution in [0.3, 0.4) is 0 Å². The molecule has 0 aromatic carbocycles. The number of carbonyl (C=O) groups is 1. The number of fused-ring (bicyclic) bond motifs is 1. The van der Waals surface area contributed by atoms with Gasteiger partial charge in [-0.3, -0.25) is 4.79 Å². The van der Waals surface area contributed by atoms with Gasteiger partial charge in [-0.2, -0.15) is 0 Å². The number of aliphatic hydroxyl groups excluding tert-OH is 3. The first-order valence-electron chi connectivity index (χ1n) is 12.1. The van der Waals surface area contributed by atoms with Crippen LogP contribution in [0, 0.1) is 23.7 Å². The molecule has 0 aliphatic heterocycles. The van der Waals surface area contributed by atoms with Gasteiger partial charge in [-0.15, -0.1) is 0 Å². The van der Waals surface area contributed by atoms with Crippen molar-refractivity contribution in [1.29, 1.82) is 0 Å². The number of carbonyl (C=O) groups excluding carboxylic acids is 1. The zero-order valence-electron chi connectivity index (χ0n) is 18.9. The molecular weight excluding hydrogens is 378 g/mol. The van der Waals surface area contributed by atoms with Crippen LogP contribution in [0.2, 0.25) is 0 Å². The molecule has 0 unspecified atom stereocenters. The van der Waals surface area contributed by atoms with Crippen molar-refractivity contribution in [1.82, 2.24) is 5.32 Å². The Hall–Kier alpha value is -1.17. The summed E-state index contributed by atoms with van der Waals surface area (Å²) in [5.41, 5.74) is 1.46. The predicted octanol–water partition coefficient (Wildman–Crippen LogP) is 3.73. The van der Waals surface area contributed by atoms with Crippen LogP contribution in [-0.4, -0.2) is 46.6 Å². The summed E-state index contributed by atoms with van der Waals surface area (Å²) in [6, 6.07) is 0. The third-order valence-electron chi connectivity index (χ3n) is 6.79. The van der Waals surface area contributed by atoms with E-state index >= 15 is 0 Å². The van der Waals surface area contributed by atoms with Gasteiger partial charge < -0.3 is 20.6 Å². The zero-order chi connectivity index (χ0) is 21.9. The van der Waals surface area contributed by atoms with Crippen molar-refractivity contribution in [2.45, 2.75) is 90.3 Å². The van der Waals surface area contributed by atoms with E-state index in [0.717, 1.165) is 44.9 Å². The standard InChI is InChI=1S/C25H43NO4/c1-3-4-7-18(2)14-21(28)10-11-22-23-16-19(15-20(23)17-24(22)29)8-5-6-9-25(30)26-12-13-27/h10-11,15,18,20-24,27-29H,3-9,12-14,16-17H2,1-2H3,(H,26,30)/t18-,20-,21+,22+,23-,24+/m0/s1. The van der Waals surface area contributed by atoms with E-state index in [0.29, 0.717) is 30.7 Å². The largest absolute Gasteiger partial charge is 0.395 e. The maximum atomic E-state index is 11.6. The van der Waals surface area contributed by atoms with Crippen LogP contribution in [-0.2, 0) is 4.79 Å². The van der Waals surface area contributed by atoms with E-state index in [-0.39, 0.29) is 24.5 Å². The minimum Gasteiger partial charge on any atom is -0.395 e. The molecule has 0 aromatic rings. The van der Waals surface area contributed by atoms with Crippen molar-refractivity contribution in [3.05, 3.63) is 23.8 Å². The Morgan fingerprint density at radius 1 is 1.33 bits per heavy atom. The number of aliphatic hydroxyl groups is 3. The molecule has 0 bridgehead atoms. The quantitative estimate of drug-likeness (QED) is 0.254. The molecule has 1 fully saturated rings. The van der Waals surface area contributed by atoms with Crippen LogP contribution in [0.15, 0.2) is 23.8 Å². The number of hydrogen-bond donors (Lipinski definition) is 4. The topological polar surface area (TPSA) is 89.8 Å². The Labute approximate surface area is 182 Å². The molecule has 1 saturated carbocycles. The Morgan fingerprint density at radius 2 is 2.13 bits per heavy atom. The van der Waals surface area contributed by atoms with Gasteiger partial charge in [-0.25, -0.2) is 0 Å². The first-order chi connectivity index (χ1) is 14.4. The van der Waals surface area contributed by atoms with Crippen molar-refractivity contribution < 1.29 is 20.1 Å². The Bertz CT molecular complexity index is 573. The number of unbranched alkanes of at least 4 members (excludes halogenated alkanes) is 2. The molecule has 2 rings (SSSR count). The van der Waals surface area contributed by atoms with Crippen molar-refractivity contribution in [3.8, 4) is 0 Å². The van der Waals surface area contributed by atoms with Crippen LogP contribution in [0.4, 0.5) is 0 Å². The number of allylic oxidation sites excluding steroid dienone is 2. The highest BCUT2D eigenvalue weighted by atomic mass is 16.3. The van der Waals surface area contributed by atoms with Gasteiger partial charge in [0, 0.05) is 18.9 Å². The minimum atomic E-state index is -0.422. The maximum Gasteiger partial charge on any atom is 0.220 e. The fourth-order valence-corrected chi connectivity index (χ4v) is 5.13. The molecule has 6 atom stereocenters. The van der Waals surface area contributed by atoms with Crippen molar-refractivity contribution in [2.75, 3.05) is 13.2 Å². The average Bonchev–Trinajstić information content (AvgIpc) is 3.22. The lowest BCUT2D eigenvalue weighted by Crippen LogP contribution is -2.25. The molecule has 0 radical (unpaired) electrons. The first-order valence-corrected chi connectivity index (χ1v) is 12.1. The number of hydrogen-bond acceptors (Lipinski definition) is 4. The number of amides is 1. The van der Waals surface area contributed by atoms with Gasteiger partial charge >= 0.3 is 0 Å². The molecule has 0 heterocycles. The van der Waals surface area contributed by atoms with Gasteiger partial charge in [0.15, 0.2) is 0 Å². The van der Waals surface area contributed by atoms with Gasteiger partial charge in [0.25, 0.3) is 0 Å². The summed E-state index contributed by atoms with van der Waals surface area (Å²) >= 11 is 0. The van der Waals surface area contributed by atoms with Gasteiger partial charge in [-0.05, 0) is 56.3 Å². The number of rotatable bonds is 14. The highest BCUT2D eigenvalue weighted by Gasteiger charge is 2.43. The van der Waals surface area contributed by atoms with E-state index in [2.05, 4.69) is 31.3 Å². The molecule has 5 heteroatoms. The third kappa shape index (κ3) is 8.16. The van der Waals surface area contributed by atoms with Crippen LogP contribution < -0.4 is 5.32 Å². The lowest BCUT2D eigenvalue weighted by atomic mass is 9.88. The fraction of sp³-hybridized carbons (Fsp3) is 0.800. The van der Waals surface area contributed by atoms with E-state index < -0.39 is 6.10 Å². The van der Waals surface area contributed by atoms with E-state index in [1.165, 1.54) is 18.4 Å². The summed E-state index contributed by atoms with van der Waals surface area (Å²) in [6.07, 6.45) is 15.2. The summed E-state index contributed by atoms with van der Waals surface area (Å²) in [4.78, 5) is 11.6. The normalized spacial score (nSPS) is 27.8. The summed E-state index contributed by atoms with van der Waals surface area (Å²) in [7, 11) is 0. The number of nitrogens with one attached hydrogen (secondary N) is 1. The first kappa shape index (κ1) is 25.1. The zero-order valence-corrected chi connectivity index (χ0v) is 18.9. The molecule has 1 amide bonds. The molecule has 2 aliphatic rings. The Balaban J connectivity index is 1.73. The summed E-state index contributed by atoms with van der Waals surface area (Å²) in [5.74, 6) is 1.56. The molecule has 172 valence electrons. The van der Waals surface area contributed by atoms with Gasteiger partial charge in [-0.1, -0.05) is 56.9 Å². The third-order valence-corrected chi connectivity index (χ3v) is 6.79. The monoisotopic (exact) mass is 421 g/mol. The molecule has 4 N–H and O–H groups in total. The second kappa shape index (κ2) is 13.3. The fourth-order valence-electron chi connectivity index (χ4n) is 5.13. The molecule has 0 saturated heterocycles. The average molecular weight is 422 g/mol. The van der Waals surface area contributed by atoms with E-state index in [9.17, 15) is 15.0 Å². The van der Waals surface area contributed by atoms with E-state index in [4.69, 9.17) is 5.11 Å². The maximum absolute atomic E-state index is 11.6. The van der Waals surface area contributed by atoms with Gasteiger partial charge in [0.05, 0.1) is 18.8 Å². The highest BCUT2D eigenvalue weighted by Crippen LogP contribution is 2.48. The van der Waals surface area contributed by atoms with E-state index in [1.807, 2.05) is 6.08 Å². The van der Waals surface area contributed by atoms with Gasteiger partial charge in [0.2, 0.25) is 5.91 Å². The lowest BCUT2D eigenvalue weighted by molar-refractivity contribution is -0.121. The predicted molar refractivity (Wildman–Crippen MR) is 121 cm³/mol. The van der Waals surface area contributed by atoms with Crippen LogP contribution in [0.5, 0.6) is 0 Å². The minimum absolute atomic E-state index is 0.0113. The van der Waals surface area contributed by atoms with Crippen molar-refractivity contribution in [3.63, 3.8) is 0 Å². The van der Waals surface area contributed by atoms with Crippen LogP contribution in [0.25, 0.3) is 0 Å². The van der Waals surface area contributed by atoms with Crippen LogP contribution >= 0.6 is 0 Å². The Morgan fingerprint density at radius 3 is 2.87 bits per heavy atom. The second-order valence-electron chi connectivity index (χ2n) is 9.45. The molecule has 30 heavy (non-hydrogen) atoms. The van der Waals surface area contributed by atoms with E-state index in [1.54, 1.807) is 0 Å². The SMILES string of the molecule is CCCC[C@H](C)C[C@H](O)C=C[C@@H]1[C@H]2CC(CCCCC(=O)NCCO)=C[C@H]2C[C@H]1O.